The van der Waals surface area contributed by atoms with E-state index in [1.54, 1.807) is 6.20 Å². The molecular weight excluding hydrogens is 359 g/mol. The summed E-state index contributed by atoms with van der Waals surface area (Å²) in [4.78, 5) is 24.9. The number of Topliss-reactive ketones (excluding diaryl/α,β-unsaturated/α-hetero) is 1. The van der Waals surface area contributed by atoms with E-state index in [4.69, 9.17) is 4.74 Å². The van der Waals surface area contributed by atoms with Crippen molar-refractivity contribution < 1.29 is 27.5 Å². The molecule has 0 fully saturated rings. The van der Waals surface area contributed by atoms with Gasteiger partial charge in [0, 0.05) is 29.8 Å². The number of allylic oxidation sites excluding steroid dienone is 4. The third-order valence-corrected chi connectivity index (χ3v) is 4.78. The SMILES string of the molecule is COC(=O)C(CC(=O)c1ccc(C(F)(F)F)cc1)C1=CNC2=CC=CCC21. The van der Waals surface area contributed by atoms with Crippen LogP contribution in [0.5, 0.6) is 0 Å². The Balaban J connectivity index is 1.79. The van der Waals surface area contributed by atoms with E-state index < -0.39 is 29.4 Å². The summed E-state index contributed by atoms with van der Waals surface area (Å²) in [6.07, 6.45) is 3.57. The lowest BCUT2D eigenvalue weighted by Gasteiger charge is -2.22. The molecule has 0 radical (unpaired) electrons. The maximum Gasteiger partial charge on any atom is 0.416 e. The van der Waals surface area contributed by atoms with Crippen molar-refractivity contribution in [3.05, 3.63) is 71.1 Å². The number of hydrogen-bond acceptors (Lipinski definition) is 4. The number of carbonyl (C=O) groups is 2. The van der Waals surface area contributed by atoms with Gasteiger partial charge in [0.1, 0.15) is 0 Å². The molecular formula is C20H18F3NO3. The maximum atomic E-state index is 12.7. The van der Waals surface area contributed by atoms with Gasteiger partial charge in [0.25, 0.3) is 0 Å². The summed E-state index contributed by atoms with van der Waals surface area (Å²) in [5.74, 6) is -1.78. The number of methoxy groups -OCH3 is 1. The Kier molecular flexibility index (Phi) is 5.21. The van der Waals surface area contributed by atoms with Crippen LogP contribution >= 0.6 is 0 Å². The number of ketones is 1. The van der Waals surface area contributed by atoms with Gasteiger partial charge in [-0.2, -0.15) is 13.2 Å². The summed E-state index contributed by atoms with van der Waals surface area (Å²) in [5, 5.41) is 3.11. The maximum absolute atomic E-state index is 12.7. The Bertz CT molecular complexity index is 835. The first-order chi connectivity index (χ1) is 12.8. The van der Waals surface area contributed by atoms with Gasteiger partial charge in [-0.1, -0.05) is 24.3 Å². The molecule has 2 unspecified atom stereocenters. The molecule has 2 atom stereocenters. The second kappa shape index (κ2) is 7.42. The van der Waals surface area contributed by atoms with Gasteiger partial charge in [-0.25, -0.2) is 0 Å². The molecule has 1 aliphatic heterocycles. The summed E-state index contributed by atoms with van der Waals surface area (Å²) in [5.41, 5.74) is 0.999. The summed E-state index contributed by atoms with van der Waals surface area (Å²) >= 11 is 0. The predicted molar refractivity (Wildman–Crippen MR) is 92.4 cm³/mol. The monoisotopic (exact) mass is 377 g/mol. The third-order valence-electron chi connectivity index (χ3n) is 4.78. The van der Waals surface area contributed by atoms with Crippen LogP contribution in [0.15, 0.2) is 60.0 Å². The van der Waals surface area contributed by atoms with Crippen molar-refractivity contribution in [2.45, 2.75) is 19.0 Å². The number of ether oxygens (including phenoxy) is 1. The topological polar surface area (TPSA) is 55.4 Å². The molecule has 1 aliphatic carbocycles. The Morgan fingerprint density at radius 1 is 1.26 bits per heavy atom. The van der Waals surface area contributed by atoms with Gasteiger partial charge in [0.2, 0.25) is 0 Å². The van der Waals surface area contributed by atoms with E-state index in [1.807, 2.05) is 18.2 Å². The first-order valence-corrected chi connectivity index (χ1v) is 8.42. The van der Waals surface area contributed by atoms with E-state index in [2.05, 4.69) is 5.32 Å². The fourth-order valence-electron chi connectivity index (χ4n) is 3.33. The molecule has 3 rings (SSSR count). The molecule has 1 heterocycles. The highest BCUT2D eigenvalue weighted by atomic mass is 19.4. The molecule has 0 saturated heterocycles. The van der Waals surface area contributed by atoms with Gasteiger partial charge in [-0.05, 0) is 30.2 Å². The zero-order chi connectivity index (χ0) is 19.6. The molecule has 0 bridgehead atoms. The van der Waals surface area contributed by atoms with E-state index in [0.29, 0.717) is 6.42 Å². The fourth-order valence-corrected chi connectivity index (χ4v) is 3.33. The molecule has 1 aromatic carbocycles. The minimum atomic E-state index is -4.46. The average molecular weight is 377 g/mol. The molecule has 1 N–H and O–H groups in total. The number of fused-ring (bicyclic) bond motifs is 1. The van der Waals surface area contributed by atoms with Crippen LogP contribution in [0, 0.1) is 11.8 Å². The van der Waals surface area contributed by atoms with Crippen LogP contribution in [0.3, 0.4) is 0 Å². The van der Waals surface area contributed by atoms with Crippen molar-refractivity contribution in [2.24, 2.45) is 11.8 Å². The van der Waals surface area contributed by atoms with E-state index in [1.165, 1.54) is 7.11 Å². The van der Waals surface area contributed by atoms with E-state index in [0.717, 1.165) is 35.5 Å². The van der Waals surface area contributed by atoms with E-state index >= 15 is 0 Å². The second-order valence-corrected chi connectivity index (χ2v) is 6.41. The molecule has 4 nitrogen and oxygen atoms in total. The van der Waals surface area contributed by atoms with Crippen molar-refractivity contribution >= 4 is 11.8 Å². The van der Waals surface area contributed by atoms with Crippen LogP contribution in [0.1, 0.15) is 28.8 Å². The molecule has 7 heteroatoms. The number of hydrogen-bond donors (Lipinski definition) is 1. The quantitative estimate of drug-likeness (QED) is 0.622. The summed E-state index contributed by atoms with van der Waals surface area (Å²) in [6, 6.07) is 4.00. The highest BCUT2D eigenvalue weighted by Gasteiger charge is 2.36. The lowest BCUT2D eigenvalue weighted by molar-refractivity contribution is -0.144. The van der Waals surface area contributed by atoms with Crippen molar-refractivity contribution in [3.63, 3.8) is 0 Å². The van der Waals surface area contributed by atoms with Gasteiger partial charge in [0.05, 0.1) is 18.6 Å². The first kappa shape index (κ1) is 18.9. The Morgan fingerprint density at radius 3 is 2.59 bits per heavy atom. The summed E-state index contributed by atoms with van der Waals surface area (Å²) in [7, 11) is 1.25. The van der Waals surface area contributed by atoms with Crippen molar-refractivity contribution in [1.82, 2.24) is 5.32 Å². The smallest absolute Gasteiger partial charge is 0.416 e. The highest BCUT2D eigenvalue weighted by molar-refractivity contribution is 5.98. The zero-order valence-corrected chi connectivity index (χ0v) is 14.5. The second-order valence-electron chi connectivity index (χ2n) is 6.41. The summed E-state index contributed by atoms with van der Waals surface area (Å²) < 4.78 is 42.9. The highest BCUT2D eigenvalue weighted by Crippen LogP contribution is 2.37. The fraction of sp³-hybridized carbons (Fsp3) is 0.300. The Labute approximate surface area is 154 Å². The molecule has 2 aliphatic rings. The van der Waals surface area contributed by atoms with Crippen LogP contribution in [0.2, 0.25) is 0 Å². The van der Waals surface area contributed by atoms with Gasteiger partial charge >= 0.3 is 12.1 Å². The largest absolute Gasteiger partial charge is 0.469 e. The predicted octanol–water partition coefficient (Wildman–Crippen LogP) is 4.01. The molecule has 1 aromatic rings. The number of nitrogens with one attached hydrogen (secondary N) is 1. The van der Waals surface area contributed by atoms with Gasteiger partial charge in [-0.15, -0.1) is 0 Å². The number of halogens is 3. The number of alkyl halides is 3. The van der Waals surface area contributed by atoms with Crippen molar-refractivity contribution in [2.75, 3.05) is 7.11 Å². The van der Waals surface area contributed by atoms with E-state index in [-0.39, 0.29) is 17.9 Å². The van der Waals surface area contributed by atoms with Crippen LogP contribution in [0.25, 0.3) is 0 Å². The van der Waals surface area contributed by atoms with Crippen molar-refractivity contribution in [1.29, 1.82) is 0 Å². The Morgan fingerprint density at radius 2 is 1.96 bits per heavy atom. The molecule has 0 aromatic heterocycles. The van der Waals surface area contributed by atoms with Gasteiger partial charge < -0.3 is 10.1 Å². The van der Waals surface area contributed by atoms with Gasteiger partial charge in [-0.3, -0.25) is 9.59 Å². The van der Waals surface area contributed by atoms with Crippen molar-refractivity contribution in [3.8, 4) is 0 Å². The molecule has 0 amide bonds. The average Bonchev–Trinajstić information content (AvgIpc) is 3.08. The first-order valence-electron chi connectivity index (χ1n) is 8.42. The van der Waals surface area contributed by atoms with Crippen LogP contribution < -0.4 is 5.32 Å². The molecule has 27 heavy (non-hydrogen) atoms. The number of esters is 1. The lowest BCUT2D eigenvalue weighted by atomic mass is 9.81. The lowest BCUT2D eigenvalue weighted by Crippen LogP contribution is -2.25. The number of rotatable bonds is 5. The third kappa shape index (κ3) is 3.97. The van der Waals surface area contributed by atoms with Crippen LogP contribution in [-0.4, -0.2) is 18.9 Å². The Hall–Kier alpha value is -2.83. The minimum Gasteiger partial charge on any atom is -0.469 e. The normalized spacial score (nSPS) is 19.5. The van der Waals surface area contributed by atoms with Crippen LogP contribution in [-0.2, 0) is 15.7 Å². The molecule has 0 spiro atoms. The summed E-state index contributed by atoms with van der Waals surface area (Å²) in [6.45, 7) is 0. The molecule has 0 saturated carbocycles. The standard InChI is InChI=1S/C20H18F3NO3/c1-27-19(26)15(16-11-24-17-5-3-2-4-14(16)17)10-18(25)12-6-8-13(9-7-12)20(21,22)23/h2-3,5-9,11,14-15,24H,4,10H2,1H3. The zero-order valence-electron chi connectivity index (χ0n) is 14.5. The number of carbonyl (C=O) groups excluding carboxylic acids is 2. The van der Waals surface area contributed by atoms with Crippen LogP contribution in [0.4, 0.5) is 13.2 Å². The van der Waals surface area contributed by atoms with Gasteiger partial charge in [0.15, 0.2) is 5.78 Å². The molecule has 142 valence electrons. The minimum absolute atomic E-state index is 0.0282. The van der Waals surface area contributed by atoms with E-state index in [9.17, 15) is 22.8 Å². The number of benzene rings is 1.